The Morgan fingerprint density at radius 2 is 2.15 bits per heavy atom. The third kappa shape index (κ3) is 5.21. The lowest BCUT2D eigenvalue weighted by Crippen LogP contribution is -2.24. The zero-order valence-corrected chi connectivity index (χ0v) is 8.04. The Morgan fingerprint density at radius 3 is 2.85 bits per heavy atom. The molecular weight excluding hydrogens is 170 g/mol. The monoisotopic (exact) mass is 189 g/mol. The maximum Gasteiger partial charge on any atom is 0.157 e. The fourth-order valence-electron chi connectivity index (χ4n) is 1.27. The fraction of sp³-hybridized carbons (Fsp3) is 1.00. The van der Waals surface area contributed by atoms with E-state index in [0.717, 1.165) is 19.4 Å². The molecule has 0 aromatic rings. The summed E-state index contributed by atoms with van der Waals surface area (Å²) in [7, 11) is 0. The SMILES string of the molecule is NCCOCCOC1CCCCO1. The van der Waals surface area contributed by atoms with Crippen LogP contribution in [0.4, 0.5) is 0 Å². The summed E-state index contributed by atoms with van der Waals surface area (Å²) < 4.78 is 16.0. The Balaban J connectivity index is 1.86. The van der Waals surface area contributed by atoms with Crippen molar-refractivity contribution in [1.29, 1.82) is 0 Å². The topological polar surface area (TPSA) is 53.7 Å². The highest BCUT2D eigenvalue weighted by Crippen LogP contribution is 2.13. The van der Waals surface area contributed by atoms with Crippen molar-refractivity contribution in [2.45, 2.75) is 25.6 Å². The van der Waals surface area contributed by atoms with Crippen molar-refractivity contribution in [3.63, 3.8) is 0 Å². The predicted molar refractivity (Wildman–Crippen MR) is 49.4 cm³/mol. The first-order valence-corrected chi connectivity index (χ1v) is 4.94. The Kier molecular flexibility index (Phi) is 6.10. The summed E-state index contributed by atoms with van der Waals surface area (Å²) in [4.78, 5) is 0. The summed E-state index contributed by atoms with van der Waals surface area (Å²) in [6.45, 7) is 3.21. The van der Waals surface area contributed by atoms with Gasteiger partial charge in [0.25, 0.3) is 0 Å². The summed E-state index contributed by atoms with van der Waals surface area (Å²) >= 11 is 0. The first-order chi connectivity index (χ1) is 6.43. The molecule has 1 heterocycles. The van der Waals surface area contributed by atoms with E-state index >= 15 is 0 Å². The number of ether oxygens (including phenoxy) is 3. The number of hydrogen-bond acceptors (Lipinski definition) is 4. The summed E-state index contributed by atoms with van der Waals surface area (Å²) in [6, 6.07) is 0. The molecule has 0 saturated carbocycles. The molecule has 4 nitrogen and oxygen atoms in total. The molecule has 1 saturated heterocycles. The van der Waals surface area contributed by atoms with Gasteiger partial charge in [-0.2, -0.15) is 0 Å². The Labute approximate surface area is 79.3 Å². The molecule has 0 spiro atoms. The van der Waals surface area contributed by atoms with Crippen molar-refractivity contribution in [2.75, 3.05) is 33.0 Å². The molecule has 0 aliphatic carbocycles. The summed E-state index contributed by atoms with van der Waals surface area (Å²) in [6.07, 6.45) is 3.37. The summed E-state index contributed by atoms with van der Waals surface area (Å²) in [5.41, 5.74) is 5.26. The Bertz CT molecular complexity index is 115. The minimum absolute atomic E-state index is 0.00442. The van der Waals surface area contributed by atoms with E-state index in [-0.39, 0.29) is 6.29 Å². The molecule has 1 unspecified atom stereocenters. The van der Waals surface area contributed by atoms with Crippen molar-refractivity contribution >= 4 is 0 Å². The second-order valence-electron chi connectivity index (χ2n) is 3.07. The minimum atomic E-state index is -0.00442. The quantitative estimate of drug-likeness (QED) is 0.618. The van der Waals surface area contributed by atoms with Crippen LogP contribution in [0.25, 0.3) is 0 Å². The summed E-state index contributed by atoms with van der Waals surface area (Å²) in [5.74, 6) is 0. The first-order valence-electron chi connectivity index (χ1n) is 4.94. The van der Waals surface area contributed by atoms with Gasteiger partial charge in [0.2, 0.25) is 0 Å². The highest BCUT2D eigenvalue weighted by Gasteiger charge is 2.13. The highest BCUT2D eigenvalue weighted by molar-refractivity contribution is 4.53. The van der Waals surface area contributed by atoms with Crippen molar-refractivity contribution < 1.29 is 14.2 Å². The van der Waals surface area contributed by atoms with Gasteiger partial charge >= 0.3 is 0 Å². The lowest BCUT2D eigenvalue weighted by atomic mass is 10.2. The van der Waals surface area contributed by atoms with Crippen molar-refractivity contribution in [3.8, 4) is 0 Å². The largest absolute Gasteiger partial charge is 0.378 e. The van der Waals surface area contributed by atoms with Crippen LogP contribution in [0, 0.1) is 0 Å². The second-order valence-corrected chi connectivity index (χ2v) is 3.07. The predicted octanol–water partition coefficient (Wildman–Crippen LogP) is 0.505. The molecule has 0 aromatic heterocycles. The average Bonchev–Trinajstić information content (AvgIpc) is 2.19. The van der Waals surface area contributed by atoms with Gasteiger partial charge in [0.15, 0.2) is 6.29 Å². The highest BCUT2D eigenvalue weighted by atomic mass is 16.7. The van der Waals surface area contributed by atoms with Crippen molar-refractivity contribution in [3.05, 3.63) is 0 Å². The van der Waals surface area contributed by atoms with Crippen LogP contribution in [0.1, 0.15) is 19.3 Å². The zero-order chi connectivity index (χ0) is 9.36. The van der Waals surface area contributed by atoms with E-state index in [1.54, 1.807) is 0 Å². The van der Waals surface area contributed by atoms with E-state index in [9.17, 15) is 0 Å². The zero-order valence-electron chi connectivity index (χ0n) is 8.04. The molecule has 4 heteroatoms. The molecule has 78 valence electrons. The summed E-state index contributed by atoms with van der Waals surface area (Å²) in [5, 5.41) is 0. The van der Waals surface area contributed by atoms with Gasteiger partial charge in [-0.3, -0.25) is 0 Å². The smallest absolute Gasteiger partial charge is 0.157 e. The normalized spacial score (nSPS) is 23.3. The lowest BCUT2D eigenvalue weighted by molar-refractivity contribution is -0.168. The fourth-order valence-corrected chi connectivity index (χ4v) is 1.27. The van der Waals surface area contributed by atoms with E-state index < -0.39 is 0 Å². The standard InChI is InChI=1S/C9H19NO3/c10-4-6-11-7-8-13-9-3-1-2-5-12-9/h9H,1-8,10H2. The third-order valence-electron chi connectivity index (χ3n) is 1.93. The molecule has 2 N–H and O–H groups in total. The Hall–Kier alpha value is -0.160. The van der Waals surface area contributed by atoms with E-state index in [1.165, 1.54) is 6.42 Å². The van der Waals surface area contributed by atoms with Crippen molar-refractivity contribution in [1.82, 2.24) is 0 Å². The van der Waals surface area contributed by atoms with Crippen LogP contribution in [0.2, 0.25) is 0 Å². The molecule has 0 bridgehead atoms. The number of nitrogens with two attached hydrogens (primary N) is 1. The average molecular weight is 189 g/mol. The van der Waals surface area contributed by atoms with Crippen LogP contribution in [-0.2, 0) is 14.2 Å². The molecule has 1 atom stereocenters. The van der Waals surface area contributed by atoms with Crippen LogP contribution in [-0.4, -0.2) is 39.3 Å². The van der Waals surface area contributed by atoms with Gasteiger partial charge in [-0.25, -0.2) is 0 Å². The third-order valence-corrected chi connectivity index (χ3v) is 1.93. The van der Waals surface area contributed by atoms with Crippen LogP contribution in [0.5, 0.6) is 0 Å². The minimum Gasteiger partial charge on any atom is -0.378 e. The molecular formula is C9H19NO3. The van der Waals surface area contributed by atoms with E-state index in [1.807, 2.05) is 0 Å². The van der Waals surface area contributed by atoms with Gasteiger partial charge in [-0.15, -0.1) is 0 Å². The van der Waals surface area contributed by atoms with Gasteiger partial charge in [-0.1, -0.05) is 0 Å². The second kappa shape index (κ2) is 7.26. The number of hydrogen-bond donors (Lipinski definition) is 1. The molecule has 0 aromatic carbocycles. The van der Waals surface area contributed by atoms with Crippen molar-refractivity contribution in [2.24, 2.45) is 5.73 Å². The van der Waals surface area contributed by atoms with Crippen LogP contribution < -0.4 is 5.73 Å². The maximum absolute atomic E-state index is 5.44. The van der Waals surface area contributed by atoms with E-state index in [2.05, 4.69) is 0 Å². The van der Waals surface area contributed by atoms with Crippen LogP contribution in [0.3, 0.4) is 0 Å². The van der Waals surface area contributed by atoms with Gasteiger partial charge in [-0.05, 0) is 19.3 Å². The number of rotatable bonds is 6. The maximum atomic E-state index is 5.44. The van der Waals surface area contributed by atoms with Crippen LogP contribution >= 0.6 is 0 Å². The van der Waals surface area contributed by atoms with Gasteiger partial charge in [0, 0.05) is 13.2 Å². The first kappa shape index (κ1) is 10.9. The van der Waals surface area contributed by atoms with E-state index in [0.29, 0.717) is 26.4 Å². The van der Waals surface area contributed by atoms with Gasteiger partial charge in [0.1, 0.15) is 0 Å². The van der Waals surface area contributed by atoms with Gasteiger partial charge < -0.3 is 19.9 Å². The van der Waals surface area contributed by atoms with E-state index in [4.69, 9.17) is 19.9 Å². The molecule has 1 aliphatic rings. The van der Waals surface area contributed by atoms with Crippen LogP contribution in [0.15, 0.2) is 0 Å². The Morgan fingerprint density at radius 1 is 1.23 bits per heavy atom. The molecule has 1 fully saturated rings. The lowest BCUT2D eigenvalue weighted by Gasteiger charge is -2.22. The molecule has 1 rings (SSSR count). The molecule has 1 aliphatic heterocycles. The molecule has 0 amide bonds. The molecule has 13 heavy (non-hydrogen) atoms. The molecule has 0 radical (unpaired) electrons. The van der Waals surface area contributed by atoms with Gasteiger partial charge in [0.05, 0.1) is 19.8 Å².